The highest BCUT2D eigenvalue weighted by Crippen LogP contribution is 1.96. The Morgan fingerprint density at radius 2 is 2.22 bits per heavy atom. The Morgan fingerprint density at radius 1 is 1.67 bits per heavy atom. The number of rotatable bonds is 3. The maximum absolute atomic E-state index is 4.00. The summed E-state index contributed by atoms with van der Waals surface area (Å²) in [6.45, 7) is 4.37. The van der Waals surface area contributed by atoms with Crippen LogP contribution in [0.1, 0.15) is 13.8 Å². The molecule has 0 aromatic carbocycles. The minimum Gasteiger partial charge on any atom is -0.389 e. The lowest BCUT2D eigenvalue weighted by Gasteiger charge is -2.22. The second kappa shape index (κ2) is 5.23. The first-order chi connectivity index (χ1) is 4.22. The fourth-order valence-electron chi connectivity index (χ4n) is 0.728. The van der Waals surface area contributed by atoms with E-state index in [4.69, 9.17) is 0 Å². The zero-order valence-corrected chi connectivity index (χ0v) is 9.23. The van der Waals surface area contributed by atoms with E-state index in [9.17, 15) is 0 Å². The molecule has 9 heavy (non-hydrogen) atoms. The molecule has 0 rings (SSSR count). The first-order valence-electron chi connectivity index (χ1n) is 3.29. The van der Waals surface area contributed by atoms with Crippen molar-refractivity contribution in [1.29, 1.82) is 0 Å². The minimum absolute atomic E-state index is 0.617. The van der Waals surface area contributed by atoms with E-state index in [2.05, 4.69) is 31.4 Å². The third-order valence-corrected chi connectivity index (χ3v) is 2.15. The normalized spacial score (nSPS) is 11.1. The summed E-state index contributed by atoms with van der Waals surface area (Å²) in [5.74, 6) is 0. The van der Waals surface area contributed by atoms with Crippen molar-refractivity contribution in [3.63, 3.8) is 0 Å². The Kier molecular flexibility index (Phi) is 5.47. The van der Waals surface area contributed by atoms with E-state index in [1.807, 2.05) is 6.20 Å². The van der Waals surface area contributed by atoms with Gasteiger partial charge in [0.15, 0.2) is 0 Å². The molecule has 0 atom stereocenters. The van der Waals surface area contributed by atoms with Gasteiger partial charge in [-0.25, -0.2) is 0 Å². The van der Waals surface area contributed by atoms with E-state index < -0.39 is 0 Å². The molecule has 0 bridgehead atoms. The van der Waals surface area contributed by atoms with Gasteiger partial charge in [-0.05, 0) is 24.7 Å². The Hall–Kier alpha value is 0.422. The molecule has 0 fully saturated rings. The van der Waals surface area contributed by atoms with Crippen LogP contribution in [0, 0.1) is 0 Å². The van der Waals surface area contributed by atoms with Crippen LogP contribution < -0.4 is 0 Å². The molecule has 3 heteroatoms. The van der Waals surface area contributed by atoms with Crippen molar-refractivity contribution in [2.75, 3.05) is 5.41 Å². The molecule has 0 aromatic heterocycles. The van der Waals surface area contributed by atoms with Crippen LogP contribution in [0.15, 0.2) is 11.6 Å². The summed E-state index contributed by atoms with van der Waals surface area (Å²) in [5.41, 5.74) is 0. The van der Waals surface area contributed by atoms with Crippen molar-refractivity contribution in [2.24, 2.45) is 0 Å². The number of hydrogen-bond acceptors (Lipinski definition) is 2. The van der Waals surface area contributed by atoms with E-state index in [1.54, 1.807) is 5.41 Å². The van der Waals surface area contributed by atoms with Crippen molar-refractivity contribution in [2.45, 2.75) is 19.9 Å². The van der Waals surface area contributed by atoms with Crippen LogP contribution in [0.2, 0.25) is 0 Å². The van der Waals surface area contributed by atoms with Gasteiger partial charge in [-0.3, -0.25) is 0 Å². The largest absolute Gasteiger partial charge is 0.389 e. The maximum Gasteiger partial charge on any atom is 0.243 e. The molecule has 0 unspecified atom stereocenters. The lowest BCUT2D eigenvalue weighted by Crippen LogP contribution is -2.26. The molecule has 0 spiro atoms. The van der Waals surface area contributed by atoms with Crippen LogP contribution in [0.25, 0.3) is 0 Å². The van der Waals surface area contributed by atoms with Crippen molar-refractivity contribution >= 4 is 28.9 Å². The standard InChI is InChI=1S/C6H12NS.Al.2H/c1-6(2)7(3)4-5-8;;;/h4-6,8H,3H2,1-2H3;;;/b5-4-;;;. The van der Waals surface area contributed by atoms with Crippen LogP contribution in [0.5, 0.6) is 0 Å². The first-order valence-corrected chi connectivity index (χ1v) is 5.22. The highest BCUT2D eigenvalue weighted by atomic mass is 32.1. The molecule has 0 aliphatic rings. The molecule has 0 heterocycles. The summed E-state index contributed by atoms with van der Waals surface area (Å²) in [6.07, 6.45) is 2.03. The summed E-state index contributed by atoms with van der Waals surface area (Å²) >= 11 is 5.23. The molecule has 0 aliphatic carbocycles. The van der Waals surface area contributed by atoms with Crippen LogP contribution in [0.4, 0.5) is 0 Å². The summed E-state index contributed by atoms with van der Waals surface area (Å²) in [6, 6.07) is 0.617. The lowest BCUT2D eigenvalue weighted by atomic mass is 10.4. The van der Waals surface area contributed by atoms with Gasteiger partial charge in [0.05, 0.1) is 0 Å². The second-order valence-electron chi connectivity index (χ2n) is 2.22. The van der Waals surface area contributed by atoms with Gasteiger partial charge >= 0.3 is 0 Å². The molecule has 0 saturated carbocycles. The Morgan fingerprint density at radius 3 is 2.33 bits per heavy atom. The molecule has 1 nitrogen and oxygen atoms in total. The van der Waals surface area contributed by atoms with Crippen LogP contribution >= 0.6 is 12.6 Å². The van der Waals surface area contributed by atoms with Gasteiger partial charge in [-0.15, -0.1) is 12.6 Å². The number of thiol groups is 1. The van der Waals surface area contributed by atoms with Crippen LogP contribution in [-0.2, 0) is 0 Å². The third-order valence-electron chi connectivity index (χ3n) is 1.29. The smallest absolute Gasteiger partial charge is 0.243 e. The summed E-state index contributed by atoms with van der Waals surface area (Å²) < 4.78 is 0. The van der Waals surface area contributed by atoms with Gasteiger partial charge in [-0.1, -0.05) is 0 Å². The van der Waals surface area contributed by atoms with E-state index in [0.29, 0.717) is 6.04 Å². The van der Waals surface area contributed by atoms with Crippen LogP contribution in [0.3, 0.4) is 0 Å². The highest BCUT2D eigenvalue weighted by molar-refractivity contribution is 7.83. The molecular formula is C6H14AlNS. The third kappa shape index (κ3) is 3.91. The van der Waals surface area contributed by atoms with Crippen molar-refractivity contribution < 1.29 is 0 Å². The van der Waals surface area contributed by atoms with E-state index in [-0.39, 0.29) is 0 Å². The molecular weight excluding hydrogens is 145 g/mol. The second-order valence-corrected chi connectivity index (χ2v) is 3.15. The van der Waals surface area contributed by atoms with Gasteiger partial charge in [-0.2, -0.15) is 0 Å². The highest BCUT2D eigenvalue weighted by Gasteiger charge is 1.97. The summed E-state index contributed by atoms with van der Waals surface area (Å²) in [7, 11) is 0. The predicted octanol–water partition coefficient (Wildman–Crippen LogP) is 0.688. The van der Waals surface area contributed by atoms with Gasteiger partial charge in [0, 0.05) is 12.2 Å². The molecule has 0 N–H and O–H groups in total. The minimum atomic E-state index is 0.617. The molecule has 0 saturated heterocycles. The SMILES string of the molecule is CC(C)N(/C=C\S)[CH2][AlH2]. The van der Waals surface area contributed by atoms with Crippen molar-refractivity contribution in [3.05, 3.63) is 11.6 Å². The van der Waals surface area contributed by atoms with Crippen molar-refractivity contribution in [3.8, 4) is 0 Å². The fourth-order valence-corrected chi connectivity index (χ4v) is 1.84. The van der Waals surface area contributed by atoms with E-state index >= 15 is 0 Å². The zero-order valence-electron chi connectivity index (χ0n) is 6.33. The molecule has 0 aromatic rings. The average molecular weight is 159 g/mol. The van der Waals surface area contributed by atoms with E-state index in [1.165, 1.54) is 21.7 Å². The predicted molar refractivity (Wildman–Crippen MR) is 48.5 cm³/mol. The topological polar surface area (TPSA) is 3.24 Å². The monoisotopic (exact) mass is 159 g/mol. The van der Waals surface area contributed by atoms with Crippen molar-refractivity contribution in [1.82, 2.24) is 4.90 Å². The van der Waals surface area contributed by atoms with Gasteiger partial charge in [0.2, 0.25) is 16.3 Å². The molecule has 0 aliphatic heterocycles. The summed E-state index contributed by atoms with van der Waals surface area (Å²) in [4.78, 5) is 2.28. The van der Waals surface area contributed by atoms with Gasteiger partial charge in [0.25, 0.3) is 0 Å². The Bertz CT molecular complexity index is 93.1. The number of nitrogens with zero attached hydrogens (tertiary/aromatic N) is 1. The molecule has 0 radical (unpaired) electrons. The Balaban J connectivity index is 3.68. The first kappa shape index (κ1) is 9.42. The zero-order chi connectivity index (χ0) is 7.28. The fraction of sp³-hybridized carbons (Fsp3) is 0.667. The molecule has 0 amide bonds. The van der Waals surface area contributed by atoms with Gasteiger partial charge < -0.3 is 4.90 Å². The molecule has 52 valence electrons. The Labute approximate surface area is 71.0 Å². The summed E-state index contributed by atoms with van der Waals surface area (Å²) in [5, 5.41) is 2.98. The number of hydrogen-bond donors (Lipinski definition) is 1. The average Bonchev–Trinajstić information content (AvgIpc) is 1.82. The van der Waals surface area contributed by atoms with E-state index in [0.717, 1.165) is 0 Å². The quantitative estimate of drug-likeness (QED) is 0.468. The maximum atomic E-state index is 4.00. The lowest BCUT2D eigenvalue weighted by molar-refractivity contribution is 0.359. The van der Waals surface area contributed by atoms with Gasteiger partial charge in [0.1, 0.15) is 0 Å². The van der Waals surface area contributed by atoms with Crippen LogP contribution in [-0.4, -0.2) is 32.6 Å².